The molecule has 2 fully saturated rings. The summed E-state index contributed by atoms with van der Waals surface area (Å²) in [4.78, 5) is 11.6. The second kappa shape index (κ2) is 12.1. The van der Waals surface area contributed by atoms with E-state index in [9.17, 15) is 15.0 Å². The van der Waals surface area contributed by atoms with Crippen molar-refractivity contribution >= 4 is 6.29 Å². The SMILES string of the molecule is C/C(C=O)=C1\CC[C@](C)(O)[C@@](C)(CC/C=C(\C)CC/C=C(\C)CCC2OC2(C)C)[C@@H]1CCCO. The van der Waals surface area contributed by atoms with Crippen molar-refractivity contribution < 1.29 is 19.7 Å². The molecule has 4 atom stereocenters. The van der Waals surface area contributed by atoms with E-state index in [1.54, 1.807) is 0 Å². The van der Waals surface area contributed by atoms with Crippen LogP contribution in [-0.4, -0.2) is 40.4 Å². The largest absolute Gasteiger partial charge is 0.396 e. The van der Waals surface area contributed by atoms with Crippen molar-refractivity contribution in [3.63, 3.8) is 0 Å². The molecule has 0 aromatic rings. The minimum atomic E-state index is -0.790. The monoisotopic (exact) mass is 474 g/mol. The van der Waals surface area contributed by atoms with Gasteiger partial charge in [-0.1, -0.05) is 35.8 Å². The maximum absolute atomic E-state index is 11.6. The zero-order valence-corrected chi connectivity index (χ0v) is 22.9. The fourth-order valence-electron chi connectivity index (χ4n) is 5.84. The van der Waals surface area contributed by atoms with Crippen molar-refractivity contribution in [2.75, 3.05) is 6.61 Å². The van der Waals surface area contributed by atoms with Crippen molar-refractivity contribution in [2.24, 2.45) is 11.3 Å². The van der Waals surface area contributed by atoms with Crippen LogP contribution in [0.3, 0.4) is 0 Å². The van der Waals surface area contributed by atoms with Gasteiger partial charge in [-0.3, -0.25) is 4.79 Å². The Hall–Kier alpha value is -1.23. The van der Waals surface area contributed by atoms with Gasteiger partial charge in [-0.05, 0) is 117 Å². The van der Waals surface area contributed by atoms with E-state index in [2.05, 4.69) is 46.8 Å². The number of epoxide rings is 1. The van der Waals surface area contributed by atoms with Gasteiger partial charge >= 0.3 is 0 Å². The first-order chi connectivity index (χ1) is 15.9. The summed E-state index contributed by atoms with van der Waals surface area (Å²) in [6.07, 6.45) is 15.1. The van der Waals surface area contributed by atoms with Crippen molar-refractivity contribution in [2.45, 2.75) is 130 Å². The molecule has 0 amide bonds. The van der Waals surface area contributed by atoms with Gasteiger partial charge in [0.2, 0.25) is 0 Å². The van der Waals surface area contributed by atoms with Gasteiger partial charge in [-0.2, -0.15) is 0 Å². The quantitative estimate of drug-likeness (QED) is 0.132. The number of ether oxygens (including phenoxy) is 1. The second-order valence-electron chi connectivity index (χ2n) is 11.9. The molecular weight excluding hydrogens is 424 g/mol. The average molecular weight is 475 g/mol. The van der Waals surface area contributed by atoms with Crippen molar-refractivity contribution in [1.29, 1.82) is 0 Å². The standard InChI is InChI=1S/C30H50O4/c1-22(11-8-12-23(2)15-16-27-28(4,5)34-27)13-9-18-29(6)26(14-10-20-31)25(24(3)21-32)17-19-30(29,7)33/h12-13,21,26-27,31,33H,8-11,14-20H2,1-7H3/b22-13+,23-12+,25-24-/t26-,27?,29+,30+/m1/s1. The maximum atomic E-state index is 11.6. The third-order valence-electron chi connectivity index (χ3n) is 8.79. The molecule has 34 heavy (non-hydrogen) atoms. The highest BCUT2D eigenvalue weighted by Gasteiger charge is 2.52. The van der Waals surface area contributed by atoms with E-state index >= 15 is 0 Å². The number of hydrogen-bond donors (Lipinski definition) is 2. The molecule has 0 radical (unpaired) electrons. The van der Waals surface area contributed by atoms with Gasteiger partial charge in [0.15, 0.2) is 0 Å². The Bertz CT molecular complexity index is 786. The van der Waals surface area contributed by atoms with Gasteiger partial charge in [0.05, 0.1) is 17.3 Å². The Morgan fingerprint density at radius 1 is 1.03 bits per heavy atom. The summed E-state index contributed by atoms with van der Waals surface area (Å²) in [6, 6.07) is 0. The summed E-state index contributed by atoms with van der Waals surface area (Å²) in [5.41, 5.74) is 3.78. The summed E-state index contributed by atoms with van der Waals surface area (Å²) in [5, 5.41) is 20.9. The van der Waals surface area contributed by atoms with Gasteiger partial charge in [0.1, 0.15) is 6.29 Å². The molecule has 2 N–H and O–H groups in total. The highest BCUT2D eigenvalue weighted by molar-refractivity contribution is 5.74. The molecule has 1 unspecified atom stereocenters. The van der Waals surface area contributed by atoms with Gasteiger partial charge in [-0.15, -0.1) is 0 Å². The zero-order valence-electron chi connectivity index (χ0n) is 22.9. The third-order valence-corrected chi connectivity index (χ3v) is 8.79. The lowest BCUT2D eigenvalue weighted by atomic mass is 9.54. The van der Waals surface area contributed by atoms with Crippen LogP contribution in [0.15, 0.2) is 34.4 Å². The van der Waals surface area contributed by atoms with Crippen LogP contribution in [0.1, 0.15) is 113 Å². The highest BCUT2D eigenvalue weighted by atomic mass is 16.6. The summed E-state index contributed by atoms with van der Waals surface area (Å²) in [7, 11) is 0. The van der Waals surface area contributed by atoms with E-state index in [1.165, 1.54) is 16.7 Å². The molecule has 0 aromatic heterocycles. The fraction of sp³-hybridized carbons (Fsp3) is 0.767. The van der Waals surface area contributed by atoms with Crippen LogP contribution in [0.2, 0.25) is 0 Å². The number of aliphatic hydroxyl groups excluding tert-OH is 1. The van der Waals surface area contributed by atoms with Gasteiger partial charge in [0, 0.05) is 12.0 Å². The molecule has 1 saturated heterocycles. The Morgan fingerprint density at radius 2 is 1.65 bits per heavy atom. The molecular formula is C30H50O4. The van der Waals surface area contributed by atoms with Crippen LogP contribution in [0.25, 0.3) is 0 Å². The average Bonchev–Trinajstić information content (AvgIpc) is 3.39. The first kappa shape index (κ1) is 29.0. The number of aliphatic hydroxyl groups is 2. The van der Waals surface area contributed by atoms with Crippen molar-refractivity contribution in [3.05, 3.63) is 34.4 Å². The maximum Gasteiger partial charge on any atom is 0.145 e. The molecule has 0 aromatic carbocycles. The number of allylic oxidation sites excluding steroid dienone is 6. The lowest BCUT2D eigenvalue weighted by Crippen LogP contribution is -2.52. The number of rotatable bonds is 13. The minimum absolute atomic E-state index is 0.0822. The summed E-state index contributed by atoms with van der Waals surface area (Å²) in [5.74, 6) is 0.119. The predicted octanol–water partition coefficient (Wildman–Crippen LogP) is 6.85. The molecule has 0 bridgehead atoms. The van der Waals surface area contributed by atoms with Crippen LogP contribution in [0.4, 0.5) is 0 Å². The van der Waals surface area contributed by atoms with Crippen LogP contribution >= 0.6 is 0 Å². The fourth-order valence-corrected chi connectivity index (χ4v) is 5.84. The number of carbonyl (C=O) groups excluding carboxylic acids is 1. The normalized spacial score (nSPS) is 33.1. The van der Waals surface area contributed by atoms with Crippen LogP contribution in [0.5, 0.6) is 0 Å². The van der Waals surface area contributed by atoms with E-state index in [0.717, 1.165) is 63.2 Å². The molecule has 194 valence electrons. The molecule has 4 heteroatoms. The zero-order chi connectivity index (χ0) is 25.6. The van der Waals surface area contributed by atoms with Gasteiger partial charge < -0.3 is 14.9 Å². The van der Waals surface area contributed by atoms with Crippen LogP contribution in [-0.2, 0) is 9.53 Å². The van der Waals surface area contributed by atoms with E-state index in [4.69, 9.17) is 4.74 Å². The molecule has 1 saturated carbocycles. The Labute approximate surface area is 208 Å². The van der Waals surface area contributed by atoms with E-state index in [-0.39, 0.29) is 23.5 Å². The lowest BCUT2D eigenvalue weighted by molar-refractivity contribution is -0.115. The summed E-state index contributed by atoms with van der Waals surface area (Å²) < 4.78 is 5.68. The first-order valence-corrected chi connectivity index (χ1v) is 13.3. The molecule has 2 rings (SSSR count). The van der Waals surface area contributed by atoms with Crippen LogP contribution < -0.4 is 0 Å². The second-order valence-corrected chi connectivity index (χ2v) is 11.9. The van der Waals surface area contributed by atoms with Crippen LogP contribution in [0, 0.1) is 11.3 Å². The molecule has 0 spiro atoms. The Balaban J connectivity index is 1.96. The Morgan fingerprint density at radius 3 is 2.24 bits per heavy atom. The smallest absolute Gasteiger partial charge is 0.145 e. The van der Waals surface area contributed by atoms with E-state index in [0.29, 0.717) is 18.9 Å². The van der Waals surface area contributed by atoms with Gasteiger partial charge in [0.25, 0.3) is 0 Å². The first-order valence-electron chi connectivity index (χ1n) is 13.3. The predicted molar refractivity (Wildman–Crippen MR) is 141 cm³/mol. The highest BCUT2D eigenvalue weighted by Crippen LogP contribution is 2.55. The molecule has 1 aliphatic heterocycles. The van der Waals surface area contributed by atoms with Gasteiger partial charge in [-0.25, -0.2) is 0 Å². The molecule has 1 aliphatic carbocycles. The lowest BCUT2D eigenvalue weighted by Gasteiger charge is -2.53. The molecule has 2 aliphatic rings. The van der Waals surface area contributed by atoms with E-state index < -0.39 is 5.60 Å². The number of carbonyl (C=O) groups is 1. The minimum Gasteiger partial charge on any atom is -0.396 e. The van der Waals surface area contributed by atoms with E-state index in [1.807, 2.05) is 13.8 Å². The number of aldehydes is 1. The van der Waals surface area contributed by atoms with Crippen molar-refractivity contribution in [1.82, 2.24) is 0 Å². The number of hydrogen-bond acceptors (Lipinski definition) is 4. The molecule has 1 heterocycles. The topological polar surface area (TPSA) is 70.1 Å². The Kier molecular flexibility index (Phi) is 10.4. The summed E-state index contributed by atoms with van der Waals surface area (Å²) in [6.45, 7) is 14.9. The summed E-state index contributed by atoms with van der Waals surface area (Å²) >= 11 is 0. The molecule has 4 nitrogen and oxygen atoms in total. The van der Waals surface area contributed by atoms with Crippen molar-refractivity contribution in [3.8, 4) is 0 Å². The third kappa shape index (κ3) is 7.38.